The van der Waals surface area contributed by atoms with Crippen molar-refractivity contribution in [2.45, 2.75) is 12.5 Å². The summed E-state index contributed by atoms with van der Waals surface area (Å²) in [6, 6.07) is 12.6. The zero-order valence-corrected chi connectivity index (χ0v) is 16.0. The number of hydrogen-bond acceptors (Lipinski definition) is 5. The molecule has 1 unspecified atom stereocenters. The van der Waals surface area contributed by atoms with Crippen LogP contribution in [-0.2, 0) is 0 Å². The molecule has 1 N–H and O–H groups in total. The Kier molecular flexibility index (Phi) is 6.49. The fraction of sp³-hybridized carbons (Fsp3) is 0.250. The molecule has 7 heteroatoms. The number of rotatable bonds is 9. The molecule has 2 aromatic heterocycles. The first-order chi connectivity index (χ1) is 13.2. The Morgan fingerprint density at radius 1 is 1.30 bits per heavy atom. The molecule has 0 saturated carbocycles. The van der Waals surface area contributed by atoms with Crippen LogP contribution in [0.2, 0.25) is 0 Å². The molecule has 0 saturated heterocycles. The summed E-state index contributed by atoms with van der Waals surface area (Å²) in [6.45, 7) is 4.05. The van der Waals surface area contributed by atoms with E-state index in [2.05, 4.69) is 22.1 Å². The van der Waals surface area contributed by atoms with E-state index in [0.717, 1.165) is 23.6 Å². The van der Waals surface area contributed by atoms with Crippen molar-refractivity contribution < 1.29 is 9.53 Å². The van der Waals surface area contributed by atoms with Crippen molar-refractivity contribution in [3.05, 3.63) is 72.7 Å². The van der Waals surface area contributed by atoms with Crippen molar-refractivity contribution in [1.29, 1.82) is 0 Å². The molecule has 0 aliphatic rings. The van der Waals surface area contributed by atoms with Gasteiger partial charge in [-0.15, -0.1) is 10.2 Å². The summed E-state index contributed by atoms with van der Waals surface area (Å²) >= 11 is 1.73. The monoisotopic (exact) mass is 382 g/mol. The molecule has 0 bridgehead atoms. The summed E-state index contributed by atoms with van der Waals surface area (Å²) in [7, 11) is 0. The number of amides is 1. The van der Waals surface area contributed by atoms with Crippen molar-refractivity contribution >= 4 is 23.3 Å². The first kappa shape index (κ1) is 19.0. The molecule has 2 heterocycles. The van der Waals surface area contributed by atoms with E-state index in [1.807, 2.05) is 35.1 Å². The number of aromatic nitrogens is 3. The lowest BCUT2D eigenvalue weighted by Gasteiger charge is -2.17. The summed E-state index contributed by atoms with van der Waals surface area (Å²) in [5.41, 5.74) is 1.34. The lowest BCUT2D eigenvalue weighted by molar-refractivity contribution is 0.0933. The maximum atomic E-state index is 12.7. The molecule has 0 fully saturated rings. The van der Waals surface area contributed by atoms with Crippen LogP contribution in [0, 0.1) is 0 Å². The van der Waals surface area contributed by atoms with Gasteiger partial charge in [-0.1, -0.05) is 18.7 Å². The fourth-order valence-electron chi connectivity index (χ4n) is 2.70. The van der Waals surface area contributed by atoms with E-state index in [1.54, 1.807) is 42.1 Å². The number of fused-ring (bicyclic) bond motifs is 1. The molecule has 27 heavy (non-hydrogen) atoms. The summed E-state index contributed by atoms with van der Waals surface area (Å²) in [6.07, 6.45) is 6.40. The summed E-state index contributed by atoms with van der Waals surface area (Å²) in [5.74, 6) is 2.19. The van der Waals surface area contributed by atoms with Crippen LogP contribution in [-0.4, -0.2) is 39.1 Å². The Morgan fingerprint density at radius 2 is 2.11 bits per heavy atom. The van der Waals surface area contributed by atoms with E-state index >= 15 is 0 Å². The Bertz CT molecular complexity index is 908. The van der Waals surface area contributed by atoms with Crippen molar-refractivity contribution in [2.24, 2.45) is 0 Å². The van der Waals surface area contributed by atoms with Gasteiger partial charge in [0.15, 0.2) is 11.5 Å². The van der Waals surface area contributed by atoms with Crippen LogP contribution in [0.1, 0.15) is 28.6 Å². The van der Waals surface area contributed by atoms with Crippen LogP contribution in [0.4, 0.5) is 0 Å². The molecule has 0 aliphatic heterocycles. The Morgan fingerprint density at radius 3 is 2.85 bits per heavy atom. The Balaban J connectivity index is 1.77. The minimum Gasteiger partial charge on any atom is -0.490 e. The number of nitrogens with one attached hydrogen (secondary N) is 1. The number of benzene rings is 1. The third-order valence-electron chi connectivity index (χ3n) is 4.05. The minimum atomic E-state index is -0.223. The lowest BCUT2D eigenvalue weighted by atomic mass is 10.1. The van der Waals surface area contributed by atoms with E-state index in [0.29, 0.717) is 17.9 Å². The normalized spacial score (nSPS) is 11.9. The highest BCUT2D eigenvalue weighted by atomic mass is 32.2. The lowest BCUT2D eigenvalue weighted by Crippen LogP contribution is -2.30. The van der Waals surface area contributed by atoms with Gasteiger partial charge in [-0.05, 0) is 54.8 Å². The highest BCUT2D eigenvalue weighted by Gasteiger charge is 2.20. The molecule has 3 rings (SSSR count). The van der Waals surface area contributed by atoms with E-state index < -0.39 is 0 Å². The molecular formula is C20H22N4O2S. The van der Waals surface area contributed by atoms with Gasteiger partial charge in [0, 0.05) is 11.8 Å². The minimum absolute atomic E-state index is 0.149. The highest BCUT2D eigenvalue weighted by Crippen LogP contribution is 2.20. The van der Waals surface area contributed by atoms with Crippen LogP contribution >= 0.6 is 11.8 Å². The molecule has 6 nitrogen and oxygen atoms in total. The van der Waals surface area contributed by atoms with Gasteiger partial charge in [0.05, 0.1) is 6.04 Å². The van der Waals surface area contributed by atoms with E-state index in [1.165, 1.54) is 0 Å². The Hall–Kier alpha value is -2.80. The number of carbonyl (C=O) groups is 1. The van der Waals surface area contributed by atoms with E-state index in [9.17, 15) is 4.79 Å². The molecule has 140 valence electrons. The molecular weight excluding hydrogens is 360 g/mol. The van der Waals surface area contributed by atoms with Crippen LogP contribution in [0.15, 0.2) is 61.3 Å². The van der Waals surface area contributed by atoms with E-state index in [-0.39, 0.29) is 11.9 Å². The van der Waals surface area contributed by atoms with Crippen molar-refractivity contribution in [1.82, 2.24) is 19.9 Å². The second kappa shape index (κ2) is 9.23. The zero-order chi connectivity index (χ0) is 19.1. The van der Waals surface area contributed by atoms with Crippen LogP contribution < -0.4 is 10.1 Å². The van der Waals surface area contributed by atoms with Crippen LogP contribution in [0.5, 0.6) is 5.75 Å². The van der Waals surface area contributed by atoms with Gasteiger partial charge in [0.25, 0.3) is 5.91 Å². The fourth-order valence-corrected chi connectivity index (χ4v) is 3.17. The van der Waals surface area contributed by atoms with Crippen molar-refractivity contribution in [3.63, 3.8) is 0 Å². The number of thioether (sulfide) groups is 1. The number of hydrogen-bond donors (Lipinski definition) is 1. The van der Waals surface area contributed by atoms with Gasteiger partial charge in [-0.3, -0.25) is 9.20 Å². The zero-order valence-electron chi connectivity index (χ0n) is 15.2. The maximum absolute atomic E-state index is 12.7. The average Bonchev–Trinajstić information content (AvgIpc) is 3.14. The first-order valence-corrected chi connectivity index (χ1v) is 10.1. The number of pyridine rings is 1. The van der Waals surface area contributed by atoms with Gasteiger partial charge in [0.2, 0.25) is 0 Å². The second-order valence-electron chi connectivity index (χ2n) is 5.92. The van der Waals surface area contributed by atoms with Gasteiger partial charge >= 0.3 is 0 Å². The third-order valence-corrected chi connectivity index (χ3v) is 4.70. The van der Waals surface area contributed by atoms with Crippen molar-refractivity contribution in [3.8, 4) is 5.75 Å². The molecule has 1 aromatic carbocycles. The smallest absolute Gasteiger partial charge is 0.251 e. The summed E-state index contributed by atoms with van der Waals surface area (Å²) in [4.78, 5) is 12.7. The molecule has 1 atom stereocenters. The number of nitrogens with zero attached hydrogens (tertiary/aromatic N) is 3. The SMILES string of the molecule is C=CCOc1ccc(C(=O)NC(CCSC)c2nnc3ccccn23)cc1. The van der Waals surface area contributed by atoms with Gasteiger partial charge in [-0.2, -0.15) is 11.8 Å². The first-order valence-electron chi connectivity index (χ1n) is 8.66. The quantitative estimate of drug-likeness (QED) is 0.574. The number of ether oxygens (including phenoxy) is 1. The van der Waals surface area contributed by atoms with Crippen molar-refractivity contribution in [2.75, 3.05) is 18.6 Å². The highest BCUT2D eigenvalue weighted by molar-refractivity contribution is 7.98. The van der Waals surface area contributed by atoms with E-state index in [4.69, 9.17) is 4.74 Å². The van der Waals surface area contributed by atoms with Gasteiger partial charge < -0.3 is 10.1 Å². The Labute approximate surface area is 162 Å². The molecule has 0 aliphatic carbocycles. The summed E-state index contributed by atoms with van der Waals surface area (Å²) < 4.78 is 7.37. The molecule has 0 radical (unpaired) electrons. The molecule has 3 aromatic rings. The molecule has 1 amide bonds. The average molecular weight is 382 g/mol. The van der Waals surface area contributed by atoms with Crippen LogP contribution in [0.25, 0.3) is 5.65 Å². The third kappa shape index (κ3) is 4.68. The second-order valence-corrected chi connectivity index (χ2v) is 6.90. The predicted octanol–water partition coefficient (Wildman–Crippen LogP) is 3.52. The van der Waals surface area contributed by atoms with Crippen LogP contribution in [0.3, 0.4) is 0 Å². The number of carbonyl (C=O) groups excluding carboxylic acids is 1. The topological polar surface area (TPSA) is 68.5 Å². The largest absolute Gasteiger partial charge is 0.490 e. The predicted molar refractivity (Wildman–Crippen MR) is 108 cm³/mol. The van der Waals surface area contributed by atoms with Gasteiger partial charge in [-0.25, -0.2) is 0 Å². The maximum Gasteiger partial charge on any atom is 0.251 e. The summed E-state index contributed by atoms with van der Waals surface area (Å²) in [5, 5.41) is 11.6. The van der Waals surface area contributed by atoms with Gasteiger partial charge in [0.1, 0.15) is 12.4 Å². The molecule has 0 spiro atoms. The standard InChI is InChI=1S/C20H22N4O2S/c1-3-13-26-16-9-7-15(8-10-16)20(25)21-17(11-14-27-2)19-23-22-18-6-4-5-12-24(18)19/h3-10,12,17H,1,11,13-14H2,2H3,(H,21,25).